The first kappa shape index (κ1) is 16.4. The van der Waals surface area contributed by atoms with Gasteiger partial charge in [0.05, 0.1) is 5.75 Å². The zero-order valence-corrected chi connectivity index (χ0v) is 10.6. The van der Waals surface area contributed by atoms with Crippen LogP contribution in [0.1, 0.15) is 12.8 Å². The minimum atomic E-state index is -3.55. The lowest BCUT2D eigenvalue weighted by Crippen LogP contribution is -2.46. The summed E-state index contributed by atoms with van der Waals surface area (Å²) in [6.07, 6.45) is 1.63. The molecule has 2 amide bonds. The van der Waals surface area contributed by atoms with Gasteiger partial charge in [-0.15, -0.1) is 6.58 Å². The lowest BCUT2D eigenvalue weighted by Gasteiger charge is -2.13. The van der Waals surface area contributed by atoms with E-state index in [4.69, 9.17) is 10.2 Å². The lowest BCUT2D eigenvalue weighted by molar-refractivity contribution is -0.139. The highest BCUT2D eigenvalue weighted by Gasteiger charge is 2.17. The average Bonchev–Trinajstić information content (AvgIpc) is 2.22. The Morgan fingerprint density at radius 1 is 1.44 bits per heavy atom. The number of carboxylic acid groups (broad SMARTS) is 1. The van der Waals surface area contributed by atoms with Crippen LogP contribution in [0, 0.1) is 0 Å². The smallest absolute Gasteiger partial charge is 0.326 e. The molecular formula is C9H17N3O5S. The van der Waals surface area contributed by atoms with Gasteiger partial charge in [0.1, 0.15) is 6.04 Å². The van der Waals surface area contributed by atoms with Crippen molar-refractivity contribution in [2.24, 2.45) is 5.14 Å². The molecular weight excluding hydrogens is 262 g/mol. The number of nitrogens with two attached hydrogens (primary N) is 1. The zero-order chi connectivity index (χ0) is 14.2. The third-order valence-corrected chi connectivity index (χ3v) is 2.75. The molecule has 0 aromatic carbocycles. The predicted octanol–water partition coefficient (Wildman–Crippen LogP) is -1.01. The second-order valence-corrected chi connectivity index (χ2v) is 5.27. The van der Waals surface area contributed by atoms with Crippen molar-refractivity contribution in [3.05, 3.63) is 12.7 Å². The number of hydrogen-bond donors (Lipinski definition) is 4. The zero-order valence-electron chi connectivity index (χ0n) is 9.76. The summed E-state index contributed by atoms with van der Waals surface area (Å²) >= 11 is 0. The highest BCUT2D eigenvalue weighted by Crippen LogP contribution is 1.93. The fourth-order valence-electron chi connectivity index (χ4n) is 1.07. The molecule has 0 spiro atoms. The number of amides is 2. The SMILES string of the molecule is C=CCC(NC(=O)NCCCS(N)(=O)=O)C(=O)O. The molecule has 0 saturated carbocycles. The number of urea groups is 1. The van der Waals surface area contributed by atoms with E-state index in [1.165, 1.54) is 6.08 Å². The molecule has 8 nitrogen and oxygen atoms in total. The molecule has 0 bridgehead atoms. The van der Waals surface area contributed by atoms with Gasteiger partial charge in [-0.3, -0.25) is 0 Å². The van der Waals surface area contributed by atoms with Gasteiger partial charge < -0.3 is 15.7 Å². The fourth-order valence-corrected chi connectivity index (χ4v) is 1.62. The molecule has 104 valence electrons. The number of sulfonamides is 1. The Kier molecular flexibility index (Phi) is 6.98. The second kappa shape index (κ2) is 7.67. The molecule has 5 N–H and O–H groups in total. The van der Waals surface area contributed by atoms with Crippen LogP contribution in [0.2, 0.25) is 0 Å². The van der Waals surface area contributed by atoms with Crippen LogP contribution < -0.4 is 15.8 Å². The highest BCUT2D eigenvalue weighted by atomic mass is 32.2. The maximum Gasteiger partial charge on any atom is 0.326 e. The van der Waals surface area contributed by atoms with Crippen LogP contribution in [0.3, 0.4) is 0 Å². The van der Waals surface area contributed by atoms with Crippen LogP contribution in [0.5, 0.6) is 0 Å². The van der Waals surface area contributed by atoms with E-state index in [9.17, 15) is 18.0 Å². The molecule has 0 radical (unpaired) electrons. The van der Waals surface area contributed by atoms with E-state index in [1.54, 1.807) is 0 Å². The van der Waals surface area contributed by atoms with Crippen molar-refractivity contribution in [2.75, 3.05) is 12.3 Å². The van der Waals surface area contributed by atoms with E-state index in [0.29, 0.717) is 0 Å². The van der Waals surface area contributed by atoms with Gasteiger partial charge in [-0.1, -0.05) is 6.08 Å². The molecule has 18 heavy (non-hydrogen) atoms. The molecule has 0 fully saturated rings. The van der Waals surface area contributed by atoms with E-state index in [-0.39, 0.29) is 25.1 Å². The number of aliphatic carboxylic acids is 1. The van der Waals surface area contributed by atoms with E-state index >= 15 is 0 Å². The molecule has 0 aromatic heterocycles. The van der Waals surface area contributed by atoms with Crippen LogP contribution in [0.4, 0.5) is 4.79 Å². The van der Waals surface area contributed by atoms with Crippen molar-refractivity contribution in [1.82, 2.24) is 10.6 Å². The van der Waals surface area contributed by atoms with Gasteiger partial charge in [-0.05, 0) is 12.8 Å². The summed E-state index contributed by atoms with van der Waals surface area (Å²) in [4.78, 5) is 22.0. The molecule has 0 saturated heterocycles. The monoisotopic (exact) mass is 279 g/mol. The Morgan fingerprint density at radius 3 is 2.50 bits per heavy atom. The third-order valence-electron chi connectivity index (χ3n) is 1.90. The first-order valence-electron chi connectivity index (χ1n) is 5.15. The molecule has 0 aliphatic rings. The van der Waals surface area contributed by atoms with Gasteiger partial charge in [0.2, 0.25) is 10.0 Å². The largest absolute Gasteiger partial charge is 0.480 e. The molecule has 0 rings (SSSR count). The van der Waals surface area contributed by atoms with E-state index in [1.807, 2.05) is 0 Å². The van der Waals surface area contributed by atoms with E-state index in [0.717, 1.165) is 0 Å². The van der Waals surface area contributed by atoms with Crippen LogP contribution in [-0.2, 0) is 14.8 Å². The first-order chi connectivity index (χ1) is 8.26. The minimum Gasteiger partial charge on any atom is -0.480 e. The van der Waals surface area contributed by atoms with Gasteiger partial charge in [0, 0.05) is 6.54 Å². The number of carboxylic acids is 1. The number of nitrogens with one attached hydrogen (secondary N) is 2. The number of rotatable bonds is 8. The van der Waals surface area contributed by atoms with Crippen molar-refractivity contribution in [3.8, 4) is 0 Å². The molecule has 0 heterocycles. The predicted molar refractivity (Wildman–Crippen MR) is 65.4 cm³/mol. The van der Waals surface area contributed by atoms with Gasteiger partial charge in [-0.25, -0.2) is 23.1 Å². The third kappa shape index (κ3) is 8.53. The van der Waals surface area contributed by atoms with Crippen molar-refractivity contribution in [2.45, 2.75) is 18.9 Å². The summed E-state index contributed by atoms with van der Waals surface area (Å²) in [7, 11) is -3.55. The van der Waals surface area contributed by atoms with Crippen molar-refractivity contribution >= 4 is 22.0 Å². The van der Waals surface area contributed by atoms with Crippen molar-refractivity contribution in [3.63, 3.8) is 0 Å². The number of carbonyl (C=O) groups excluding carboxylic acids is 1. The maximum atomic E-state index is 11.3. The van der Waals surface area contributed by atoms with Gasteiger partial charge >= 0.3 is 12.0 Å². The molecule has 1 atom stereocenters. The van der Waals surface area contributed by atoms with Crippen LogP contribution >= 0.6 is 0 Å². The Morgan fingerprint density at radius 2 is 2.06 bits per heavy atom. The average molecular weight is 279 g/mol. The highest BCUT2D eigenvalue weighted by molar-refractivity contribution is 7.89. The Balaban J connectivity index is 3.95. The van der Waals surface area contributed by atoms with Crippen molar-refractivity contribution in [1.29, 1.82) is 0 Å². The summed E-state index contributed by atoms with van der Waals surface area (Å²) in [6.45, 7) is 3.46. The molecule has 0 aliphatic heterocycles. The number of primary sulfonamides is 1. The van der Waals surface area contributed by atoms with Crippen LogP contribution in [-0.4, -0.2) is 43.9 Å². The summed E-state index contributed by atoms with van der Waals surface area (Å²) < 4.78 is 21.2. The lowest BCUT2D eigenvalue weighted by atomic mass is 10.2. The fraction of sp³-hybridized carbons (Fsp3) is 0.556. The van der Waals surface area contributed by atoms with Crippen molar-refractivity contribution < 1.29 is 23.1 Å². The summed E-state index contributed by atoms with van der Waals surface area (Å²) in [5.74, 6) is -1.42. The molecule has 0 aliphatic carbocycles. The number of hydrogen-bond acceptors (Lipinski definition) is 4. The van der Waals surface area contributed by atoms with E-state index < -0.39 is 28.1 Å². The second-order valence-electron chi connectivity index (χ2n) is 3.54. The quantitative estimate of drug-likeness (QED) is 0.333. The normalized spacial score (nSPS) is 12.5. The van der Waals surface area contributed by atoms with Gasteiger partial charge in [0.15, 0.2) is 0 Å². The molecule has 9 heteroatoms. The standard InChI is InChI=1S/C9H17N3O5S/c1-2-4-7(8(13)14)12-9(15)11-5-3-6-18(10,16)17/h2,7H,1,3-6H2,(H,13,14)(H2,10,16,17)(H2,11,12,15). The first-order valence-corrected chi connectivity index (χ1v) is 6.86. The summed E-state index contributed by atoms with van der Waals surface area (Å²) in [5, 5.41) is 18.1. The topological polar surface area (TPSA) is 139 Å². The van der Waals surface area contributed by atoms with Crippen LogP contribution in [0.15, 0.2) is 12.7 Å². The molecule has 0 aromatic rings. The maximum absolute atomic E-state index is 11.3. The van der Waals surface area contributed by atoms with Crippen LogP contribution in [0.25, 0.3) is 0 Å². The Labute approximate surface area is 105 Å². The Hall–Kier alpha value is -1.61. The minimum absolute atomic E-state index is 0.0860. The Bertz CT molecular complexity index is 406. The van der Waals surface area contributed by atoms with Gasteiger partial charge in [-0.2, -0.15) is 0 Å². The summed E-state index contributed by atoms with van der Waals surface area (Å²) in [6, 6.07) is -1.74. The van der Waals surface area contributed by atoms with E-state index in [2.05, 4.69) is 17.2 Å². The number of carbonyl (C=O) groups is 2. The van der Waals surface area contributed by atoms with Gasteiger partial charge in [0.25, 0.3) is 0 Å². The molecule has 1 unspecified atom stereocenters. The summed E-state index contributed by atoms with van der Waals surface area (Å²) in [5.41, 5.74) is 0.